The van der Waals surface area contributed by atoms with E-state index >= 15 is 0 Å². The summed E-state index contributed by atoms with van der Waals surface area (Å²) in [5, 5.41) is 33.1. The lowest BCUT2D eigenvalue weighted by Crippen LogP contribution is -2.41. The van der Waals surface area contributed by atoms with Crippen LogP contribution >= 0.6 is 11.6 Å². The van der Waals surface area contributed by atoms with Crippen molar-refractivity contribution in [2.75, 3.05) is 39.6 Å². The van der Waals surface area contributed by atoms with E-state index in [0.29, 0.717) is 23.9 Å². The number of benzene rings is 5. The Morgan fingerprint density at radius 1 is 0.386 bits per heavy atom. The van der Waals surface area contributed by atoms with Gasteiger partial charge in [-0.2, -0.15) is 13.2 Å². The van der Waals surface area contributed by atoms with Crippen molar-refractivity contribution in [1.29, 1.82) is 0 Å². The molecule has 5 unspecified atom stereocenters. The topological polar surface area (TPSA) is 441 Å². The van der Waals surface area contributed by atoms with E-state index in [1.807, 2.05) is 83.4 Å². The number of esters is 5. The molecule has 101 heavy (non-hydrogen) atoms. The van der Waals surface area contributed by atoms with Gasteiger partial charge in [-0.15, -0.1) is 0 Å². The summed E-state index contributed by atoms with van der Waals surface area (Å²) in [6.07, 6.45) is -11.0. The van der Waals surface area contributed by atoms with Crippen molar-refractivity contribution >= 4 is 83.6 Å². The van der Waals surface area contributed by atoms with E-state index in [9.17, 15) is 70.7 Å². The largest absolute Gasteiger partial charge is 0.511 e. The summed E-state index contributed by atoms with van der Waals surface area (Å²) in [5.41, 5.74) is 6.08. The predicted octanol–water partition coefficient (Wildman–Crippen LogP) is 11.0. The molecule has 5 rings (SSSR count). The summed E-state index contributed by atoms with van der Waals surface area (Å²) in [7, 11) is 0. The number of halogens is 4. The summed E-state index contributed by atoms with van der Waals surface area (Å²) in [4.78, 5) is 128. The number of nitrogens with two attached hydrogens (primary N) is 1. The first-order valence-electron chi connectivity index (χ1n) is 30.0. The van der Waals surface area contributed by atoms with E-state index in [0.717, 1.165) is 11.1 Å². The molecule has 0 bridgehead atoms. The van der Waals surface area contributed by atoms with Crippen molar-refractivity contribution < 1.29 is 138 Å². The molecule has 558 valence electrons. The van der Waals surface area contributed by atoms with Gasteiger partial charge in [0.05, 0.1) is 33.0 Å². The molecular weight excluding hydrogens is 1370 g/mol. The second-order valence-electron chi connectivity index (χ2n) is 18.6. The molecule has 0 radical (unpaired) electrons. The maximum Gasteiger partial charge on any atom is 0.511 e. The molecular formula is C66H85ClF3N5O26. The Hall–Kier alpha value is -11.4. The summed E-state index contributed by atoms with van der Waals surface area (Å²) in [6, 6.07) is 40.3. The molecule has 5 aromatic carbocycles. The van der Waals surface area contributed by atoms with Crippen LogP contribution in [0.15, 0.2) is 152 Å². The highest BCUT2D eigenvalue weighted by Crippen LogP contribution is 2.15. The first kappa shape index (κ1) is 93.8. The van der Waals surface area contributed by atoms with Gasteiger partial charge in [-0.25, -0.2) is 52.7 Å². The third-order valence-corrected chi connectivity index (χ3v) is 10.3. The van der Waals surface area contributed by atoms with E-state index in [4.69, 9.17) is 51.6 Å². The second kappa shape index (κ2) is 57.6. The van der Waals surface area contributed by atoms with E-state index in [2.05, 4.69) is 43.8 Å². The molecule has 0 saturated carbocycles. The molecule has 31 nitrogen and oxygen atoms in total. The molecule has 5 aromatic rings. The third-order valence-electron chi connectivity index (χ3n) is 10.2. The van der Waals surface area contributed by atoms with Crippen molar-refractivity contribution in [1.82, 2.24) is 21.3 Å². The lowest BCUT2D eigenvalue weighted by Gasteiger charge is -2.13. The Labute approximate surface area is 585 Å². The van der Waals surface area contributed by atoms with Crippen molar-refractivity contribution in [2.24, 2.45) is 5.73 Å². The predicted molar refractivity (Wildman–Crippen MR) is 354 cm³/mol. The van der Waals surface area contributed by atoms with E-state index in [1.165, 1.54) is 20.8 Å². The molecule has 5 atom stereocenters. The highest BCUT2D eigenvalue weighted by Gasteiger charge is 2.30. The van der Waals surface area contributed by atoms with Crippen LogP contribution in [0, 0.1) is 0 Å². The fraction of sp³-hybridized carbons (Fsp3) is 0.364. The fourth-order valence-electron chi connectivity index (χ4n) is 5.76. The number of carboxylic acid groups (broad SMARTS) is 3. The molecule has 0 spiro atoms. The van der Waals surface area contributed by atoms with Gasteiger partial charge in [-0.05, 0) is 117 Å². The van der Waals surface area contributed by atoms with Crippen molar-refractivity contribution in [3.63, 3.8) is 0 Å². The van der Waals surface area contributed by atoms with Crippen LogP contribution in [0.4, 0.5) is 46.7 Å². The number of para-hydroxylation sites is 3. The second-order valence-corrected chi connectivity index (χ2v) is 19.0. The van der Waals surface area contributed by atoms with Crippen LogP contribution in [0.25, 0.3) is 0 Å². The lowest BCUT2D eigenvalue weighted by atomic mass is 10.2. The molecule has 0 saturated heterocycles. The molecule has 0 aliphatic heterocycles. The number of amides is 4. The Morgan fingerprint density at radius 3 is 0.960 bits per heavy atom. The summed E-state index contributed by atoms with van der Waals surface area (Å²) >= 11 is 4.95. The van der Waals surface area contributed by atoms with Gasteiger partial charge in [-0.1, -0.05) is 115 Å². The number of alkyl halides is 3. The van der Waals surface area contributed by atoms with E-state index < -0.39 is 109 Å². The van der Waals surface area contributed by atoms with Gasteiger partial charge in [0.15, 0.2) is 6.61 Å². The number of alkyl carbamates (subject to hydrolysis) is 2. The van der Waals surface area contributed by atoms with Crippen LogP contribution in [0.5, 0.6) is 17.2 Å². The zero-order chi connectivity index (χ0) is 77.1. The Morgan fingerprint density at radius 2 is 0.673 bits per heavy atom. The molecule has 0 aliphatic carbocycles. The number of carbonyl (C=O) groups excluding carboxylic acids is 9. The maximum absolute atomic E-state index is 11.6. The summed E-state index contributed by atoms with van der Waals surface area (Å²) in [5.74, 6) is -1.39. The monoisotopic (exact) mass is 1460 g/mol. The van der Waals surface area contributed by atoms with E-state index in [1.54, 1.807) is 127 Å². The van der Waals surface area contributed by atoms with Crippen LogP contribution in [0.3, 0.4) is 0 Å². The standard InChI is InChI=1S/C13H17NO4.C12H15NO4.C8H12F3NO4.C8H8O3.C7H5ClO2.C7H6O3.C6H11NO4.C5H11NO2/c1-3-17-12(15)10(2)14-13(16)18-9-11-7-5-4-6-8-11;1-3-16-11(14)9(2)13-12(15)17-10-7-5-4-6-8-10;1-3-15-6(13)5(2)12-7(14)16-4-8(9,10)11;9-8(10)11-6-7-4-2-1-3-5-7;2*8-7(9)10-6-4-2-1-3-5-6;1-3-11-5(8)4(2)7-6(9)10;1-3-8-5(7)4(2)6/h4-8,10H,3,9H2,1-2H3,(H,14,16);4-9H,3H2,1-2H3,(H,13,15);5H,3-4H2,1-2H3,(H,12,14);1-5H,6H2,(H,9,10);1-5H;1-5H,(H,8,9);4,7H,3H2,1-2H3,(H,9,10);4H,3,6H2,1-2H3. The SMILES string of the molecule is CCOC(=O)C(C)N.CCOC(=O)C(C)NC(=O)O.CCOC(=O)C(C)NC(=O)OCC(F)(F)F.CCOC(=O)C(C)NC(=O)OCc1ccccc1.CCOC(=O)C(C)NC(=O)Oc1ccccc1.O=C(Cl)Oc1ccccc1.O=C(O)OCc1ccccc1.O=C(O)Oc1ccccc1. The Kier molecular flexibility index (Phi) is 53.5. The van der Waals surface area contributed by atoms with Crippen LogP contribution in [-0.2, 0) is 75.1 Å². The minimum absolute atomic E-state index is 0.114. The highest BCUT2D eigenvalue weighted by atomic mass is 35.5. The maximum atomic E-state index is 11.6. The quantitative estimate of drug-likeness (QED) is 0.0138. The Balaban J connectivity index is -0.00000110. The van der Waals surface area contributed by atoms with Crippen LogP contribution < -0.4 is 41.2 Å². The highest BCUT2D eigenvalue weighted by molar-refractivity contribution is 6.61. The smallest absolute Gasteiger partial charge is 0.465 e. The number of nitrogens with one attached hydrogen (secondary N) is 4. The molecule has 4 amide bonds. The normalized spacial score (nSPS) is 11.0. The zero-order valence-corrected chi connectivity index (χ0v) is 57.6. The Bertz CT molecular complexity index is 3120. The zero-order valence-electron chi connectivity index (χ0n) is 56.8. The average molecular weight is 1460 g/mol. The van der Waals surface area contributed by atoms with Gasteiger partial charge in [0, 0.05) is 11.6 Å². The molecule has 9 N–H and O–H groups in total. The lowest BCUT2D eigenvalue weighted by molar-refractivity contribution is -0.160. The van der Waals surface area contributed by atoms with Gasteiger partial charge >= 0.3 is 78.1 Å². The number of ether oxygens (including phenoxy) is 11. The summed E-state index contributed by atoms with van der Waals surface area (Å²) in [6.45, 7) is 15.7. The van der Waals surface area contributed by atoms with Gasteiger partial charge in [0.25, 0.3) is 0 Å². The number of hydrogen-bond donors (Lipinski definition) is 8. The summed E-state index contributed by atoms with van der Waals surface area (Å²) < 4.78 is 85.0. The first-order chi connectivity index (χ1) is 47.6. The molecule has 0 aromatic heterocycles. The van der Waals surface area contributed by atoms with Crippen molar-refractivity contribution in [2.45, 2.75) is 119 Å². The van der Waals surface area contributed by atoms with Gasteiger partial charge in [0.1, 0.15) is 60.7 Å². The first-order valence-corrected chi connectivity index (χ1v) is 30.4. The number of carbonyl (C=O) groups is 12. The van der Waals surface area contributed by atoms with Crippen LogP contribution in [-0.4, -0.2) is 163 Å². The average Bonchev–Trinajstić information content (AvgIpc) is 1.02. The third kappa shape index (κ3) is 57.4. The van der Waals surface area contributed by atoms with E-state index in [-0.39, 0.29) is 45.6 Å². The van der Waals surface area contributed by atoms with Gasteiger partial charge < -0.3 is 94.4 Å². The van der Waals surface area contributed by atoms with Gasteiger partial charge in [0.2, 0.25) is 0 Å². The van der Waals surface area contributed by atoms with Gasteiger partial charge in [-0.3, -0.25) is 4.79 Å². The van der Waals surface area contributed by atoms with Crippen molar-refractivity contribution in [3.05, 3.63) is 163 Å². The molecule has 0 heterocycles. The van der Waals surface area contributed by atoms with Crippen LogP contribution in [0.1, 0.15) is 80.4 Å². The molecule has 35 heteroatoms. The minimum Gasteiger partial charge on any atom is -0.465 e. The number of rotatable bonds is 22. The van der Waals surface area contributed by atoms with Crippen LogP contribution in [0.2, 0.25) is 0 Å². The number of hydrogen-bond acceptors (Lipinski definition) is 24. The minimum atomic E-state index is -4.59. The molecule has 0 fully saturated rings. The van der Waals surface area contributed by atoms with Crippen molar-refractivity contribution in [3.8, 4) is 17.2 Å². The fourth-order valence-corrected chi connectivity index (χ4v) is 5.85. The molecule has 0 aliphatic rings.